The van der Waals surface area contributed by atoms with E-state index in [9.17, 15) is 14.0 Å². The van der Waals surface area contributed by atoms with Crippen molar-refractivity contribution in [3.63, 3.8) is 0 Å². The topological polar surface area (TPSA) is 87.1 Å². The number of aryl methyl sites for hydroxylation is 1. The molecule has 5 heterocycles. The van der Waals surface area contributed by atoms with Crippen molar-refractivity contribution >= 4 is 28.4 Å². The molecule has 3 aromatic heterocycles. The molecule has 1 N–H and O–H groups in total. The Balaban J connectivity index is 1.22. The van der Waals surface area contributed by atoms with E-state index in [1.807, 2.05) is 29.7 Å². The highest BCUT2D eigenvalue weighted by molar-refractivity contribution is 6.06. The molecule has 1 amide bonds. The first-order valence-corrected chi connectivity index (χ1v) is 11.9. The number of anilines is 2. The number of pyridine rings is 2. The van der Waals surface area contributed by atoms with Gasteiger partial charge in [-0.05, 0) is 73.7 Å². The van der Waals surface area contributed by atoms with Gasteiger partial charge in [-0.3, -0.25) is 19.3 Å². The molecule has 0 unspecified atom stereocenters. The second kappa shape index (κ2) is 8.33. The smallest absolute Gasteiger partial charge is 0.327 e. The molecule has 35 heavy (non-hydrogen) atoms. The fraction of sp³-hybridized carbons (Fsp3) is 0.308. The van der Waals surface area contributed by atoms with Crippen LogP contribution in [-0.2, 0) is 6.42 Å². The number of H-pyrrole nitrogens is 1. The minimum absolute atomic E-state index is 0.0847. The summed E-state index contributed by atoms with van der Waals surface area (Å²) in [5, 5.41) is 0. The van der Waals surface area contributed by atoms with Crippen LogP contribution in [0.25, 0.3) is 11.2 Å². The Morgan fingerprint density at radius 2 is 1.91 bits per heavy atom. The van der Waals surface area contributed by atoms with Gasteiger partial charge >= 0.3 is 5.69 Å². The van der Waals surface area contributed by atoms with Gasteiger partial charge in [-0.2, -0.15) is 0 Å². The molecule has 9 heteroatoms. The Morgan fingerprint density at radius 3 is 2.74 bits per heavy atom. The summed E-state index contributed by atoms with van der Waals surface area (Å²) < 4.78 is 15.4. The Hall–Kier alpha value is -4.01. The highest BCUT2D eigenvalue weighted by Gasteiger charge is 2.29. The van der Waals surface area contributed by atoms with Crippen LogP contribution in [0.3, 0.4) is 0 Å². The number of hydrogen-bond acceptors (Lipinski definition) is 5. The number of aromatic amines is 1. The maximum atomic E-state index is 13.6. The quantitative estimate of drug-likeness (QED) is 0.492. The molecule has 0 atom stereocenters. The summed E-state index contributed by atoms with van der Waals surface area (Å²) in [7, 11) is 0. The molecule has 6 rings (SSSR count). The average Bonchev–Trinajstić information content (AvgIpc) is 3.43. The summed E-state index contributed by atoms with van der Waals surface area (Å²) in [5.74, 6) is -0.465. The number of rotatable bonds is 3. The zero-order valence-corrected chi connectivity index (χ0v) is 19.4. The summed E-state index contributed by atoms with van der Waals surface area (Å²) in [6, 6.07) is 10.3. The monoisotopic (exact) mass is 472 g/mol. The van der Waals surface area contributed by atoms with E-state index in [2.05, 4.69) is 19.9 Å². The van der Waals surface area contributed by atoms with Crippen LogP contribution in [0.2, 0.25) is 0 Å². The van der Waals surface area contributed by atoms with Crippen molar-refractivity contribution in [2.45, 2.75) is 32.2 Å². The Bertz CT molecular complexity index is 1500. The van der Waals surface area contributed by atoms with Crippen LogP contribution in [0.15, 0.2) is 53.6 Å². The fourth-order valence-electron chi connectivity index (χ4n) is 5.38. The second-order valence-electron chi connectivity index (χ2n) is 9.23. The Kier molecular flexibility index (Phi) is 5.12. The van der Waals surface area contributed by atoms with Crippen LogP contribution < -0.4 is 15.5 Å². The first-order valence-electron chi connectivity index (χ1n) is 11.9. The molecule has 1 aromatic carbocycles. The van der Waals surface area contributed by atoms with E-state index in [1.54, 1.807) is 23.4 Å². The number of nitrogens with zero attached hydrogens (tertiary/aromatic N) is 5. The zero-order valence-electron chi connectivity index (χ0n) is 19.4. The van der Waals surface area contributed by atoms with Crippen molar-refractivity contribution in [2.24, 2.45) is 0 Å². The van der Waals surface area contributed by atoms with E-state index in [1.165, 1.54) is 12.1 Å². The number of imidazole rings is 1. The van der Waals surface area contributed by atoms with Gasteiger partial charge in [-0.25, -0.2) is 14.2 Å². The first-order chi connectivity index (χ1) is 17.0. The lowest BCUT2D eigenvalue weighted by Gasteiger charge is -2.35. The van der Waals surface area contributed by atoms with Crippen LogP contribution in [-0.4, -0.2) is 45.1 Å². The van der Waals surface area contributed by atoms with Crippen molar-refractivity contribution < 1.29 is 9.18 Å². The van der Waals surface area contributed by atoms with Gasteiger partial charge in [-0.1, -0.05) is 0 Å². The van der Waals surface area contributed by atoms with Crippen molar-refractivity contribution in [1.82, 2.24) is 19.5 Å². The largest absolute Gasteiger partial charge is 0.371 e. The van der Waals surface area contributed by atoms with Crippen molar-refractivity contribution in [1.29, 1.82) is 0 Å². The molecule has 4 aromatic rings. The summed E-state index contributed by atoms with van der Waals surface area (Å²) >= 11 is 0. The number of hydrogen-bond donors (Lipinski definition) is 1. The molecule has 1 saturated heterocycles. The predicted octanol–water partition coefficient (Wildman–Crippen LogP) is 3.61. The SMILES string of the molecule is Cc1cnc(C(=O)N2CCc3cc(F)ccc32)cc1N1CCC(n2c(=O)[nH]c3ncccc32)CC1. The minimum atomic E-state index is -0.289. The number of carbonyl (C=O) groups excluding carboxylic acids is 1. The summed E-state index contributed by atoms with van der Waals surface area (Å²) in [5.41, 5.74) is 5.26. The van der Waals surface area contributed by atoms with Gasteiger partial charge in [0, 0.05) is 49.4 Å². The number of halogens is 1. The Morgan fingerprint density at radius 1 is 1.09 bits per heavy atom. The summed E-state index contributed by atoms with van der Waals surface area (Å²) in [6.45, 7) is 4.03. The molecular weight excluding hydrogens is 447 g/mol. The number of amides is 1. The normalized spacial score (nSPS) is 16.2. The van der Waals surface area contributed by atoms with E-state index >= 15 is 0 Å². The van der Waals surface area contributed by atoms with E-state index in [0.29, 0.717) is 24.3 Å². The third-order valence-corrected chi connectivity index (χ3v) is 7.14. The molecule has 2 aliphatic heterocycles. The first kappa shape index (κ1) is 21.5. The molecular formula is C26H25FN6O2. The second-order valence-corrected chi connectivity index (χ2v) is 9.23. The molecule has 8 nitrogen and oxygen atoms in total. The standard InChI is InChI=1S/C26H25FN6O2/c1-16-15-29-20(25(34)32-12-6-17-13-18(27)4-5-21(17)32)14-23(16)31-10-7-19(8-11-31)33-22-3-2-9-28-24(22)30-26(33)35/h2-5,9,13-15,19H,6-8,10-12H2,1H3,(H,28,30,35). The van der Waals surface area contributed by atoms with Gasteiger partial charge in [0.1, 0.15) is 11.5 Å². The lowest BCUT2D eigenvalue weighted by atomic mass is 10.0. The highest BCUT2D eigenvalue weighted by atomic mass is 19.1. The van der Waals surface area contributed by atoms with Gasteiger partial charge in [0.05, 0.1) is 5.52 Å². The number of aromatic nitrogens is 4. The van der Waals surface area contributed by atoms with Crippen molar-refractivity contribution in [2.75, 3.05) is 29.4 Å². The van der Waals surface area contributed by atoms with Crippen molar-refractivity contribution in [3.05, 3.63) is 81.9 Å². The fourth-order valence-corrected chi connectivity index (χ4v) is 5.38. The predicted molar refractivity (Wildman–Crippen MR) is 132 cm³/mol. The number of fused-ring (bicyclic) bond motifs is 2. The zero-order chi connectivity index (χ0) is 24.1. The molecule has 0 spiro atoms. The van der Waals surface area contributed by atoms with Gasteiger partial charge in [0.25, 0.3) is 5.91 Å². The van der Waals surface area contributed by atoms with Gasteiger partial charge in [0.15, 0.2) is 5.65 Å². The van der Waals surface area contributed by atoms with Crippen LogP contribution in [0.1, 0.15) is 40.5 Å². The lowest BCUT2D eigenvalue weighted by Crippen LogP contribution is -2.37. The summed E-state index contributed by atoms with van der Waals surface area (Å²) in [6.07, 6.45) is 5.66. The van der Waals surface area contributed by atoms with Gasteiger partial charge < -0.3 is 9.80 Å². The van der Waals surface area contributed by atoms with Gasteiger partial charge in [-0.15, -0.1) is 0 Å². The van der Waals surface area contributed by atoms with Gasteiger partial charge in [0.2, 0.25) is 0 Å². The number of benzene rings is 1. The van der Waals surface area contributed by atoms with Crippen LogP contribution in [0.4, 0.5) is 15.8 Å². The minimum Gasteiger partial charge on any atom is -0.371 e. The Labute approximate surface area is 201 Å². The molecule has 0 bridgehead atoms. The molecule has 0 radical (unpaired) electrons. The molecule has 0 aliphatic carbocycles. The number of carbonyl (C=O) groups is 1. The molecule has 1 fully saturated rings. The molecule has 0 saturated carbocycles. The third-order valence-electron chi connectivity index (χ3n) is 7.14. The number of nitrogens with one attached hydrogen (secondary N) is 1. The van der Waals surface area contributed by atoms with Crippen LogP contribution in [0, 0.1) is 12.7 Å². The van der Waals surface area contributed by atoms with E-state index in [4.69, 9.17) is 0 Å². The van der Waals surface area contributed by atoms with E-state index in [-0.39, 0.29) is 23.5 Å². The maximum Gasteiger partial charge on any atom is 0.327 e. The third kappa shape index (κ3) is 3.67. The van der Waals surface area contributed by atoms with Crippen LogP contribution >= 0.6 is 0 Å². The average molecular weight is 473 g/mol. The molecule has 2 aliphatic rings. The number of piperidine rings is 1. The molecule has 178 valence electrons. The maximum absolute atomic E-state index is 13.6. The van der Waals surface area contributed by atoms with Crippen molar-refractivity contribution in [3.8, 4) is 0 Å². The van der Waals surface area contributed by atoms with Crippen LogP contribution in [0.5, 0.6) is 0 Å². The highest BCUT2D eigenvalue weighted by Crippen LogP contribution is 2.32. The lowest BCUT2D eigenvalue weighted by molar-refractivity contribution is 0.0984. The summed E-state index contributed by atoms with van der Waals surface area (Å²) in [4.78, 5) is 41.4. The van der Waals surface area contributed by atoms with E-state index < -0.39 is 0 Å². The van der Waals surface area contributed by atoms with E-state index in [0.717, 1.165) is 53.9 Å².